The maximum Gasteiger partial charge on any atom is 0.261 e. The molecule has 0 heterocycles. The van der Waals surface area contributed by atoms with E-state index in [0.29, 0.717) is 30.2 Å². The number of nitrogens with zero attached hydrogens (tertiary/aromatic N) is 1. The fraction of sp³-hybridized carbons (Fsp3) is 0.355. The van der Waals surface area contributed by atoms with E-state index in [2.05, 4.69) is 19.2 Å². The third kappa shape index (κ3) is 8.45. The summed E-state index contributed by atoms with van der Waals surface area (Å²) in [5.74, 6) is -0.117. The molecule has 0 saturated heterocycles. The molecular formula is C31H37FN2O3. The lowest BCUT2D eigenvalue weighted by Crippen LogP contribution is -2.52. The Morgan fingerprint density at radius 2 is 1.62 bits per heavy atom. The van der Waals surface area contributed by atoms with E-state index in [1.165, 1.54) is 16.5 Å². The summed E-state index contributed by atoms with van der Waals surface area (Å²) in [6.45, 7) is 6.48. The average molecular weight is 505 g/mol. The van der Waals surface area contributed by atoms with Crippen LogP contribution in [0.15, 0.2) is 78.9 Å². The predicted molar refractivity (Wildman–Crippen MR) is 145 cm³/mol. The summed E-state index contributed by atoms with van der Waals surface area (Å²) in [7, 11) is 0. The molecule has 6 heteroatoms. The minimum absolute atomic E-state index is 0.0418. The molecule has 0 aliphatic heterocycles. The largest absolute Gasteiger partial charge is 0.484 e. The molecule has 0 aliphatic carbocycles. The second kappa shape index (κ2) is 14.2. The Morgan fingerprint density at radius 3 is 2.27 bits per heavy atom. The molecule has 5 nitrogen and oxygen atoms in total. The van der Waals surface area contributed by atoms with Gasteiger partial charge in [0, 0.05) is 25.1 Å². The number of nitrogens with one attached hydrogen (secondary N) is 1. The van der Waals surface area contributed by atoms with Gasteiger partial charge in [0.25, 0.3) is 5.91 Å². The first-order chi connectivity index (χ1) is 17.9. The highest BCUT2D eigenvalue weighted by Gasteiger charge is 2.31. The summed E-state index contributed by atoms with van der Waals surface area (Å²) in [6.07, 6.45) is 2.08. The van der Waals surface area contributed by atoms with Crippen LogP contribution >= 0.6 is 0 Å². The van der Waals surface area contributed by atoms with Crippen LogP contribution in [0.2, 0.25) is 0 Å². The molecule has 0 bridgehead atoms. The van der Waals surface area contributed by atoms with Gasteiger partial charge in [-0.1, -0.05) is 87.9 Å². The first kappa shape index (κ1) is 27.9. The normalized spacial score (nSPS) is 11.7. The van der Waals surface area contributed by atoms with Gasteiger partial charge in [-0.05, 0) is 41.7 Å². The topological polar surface area (TPSA) is 58.6 Å². The molecule has 196 valence electrons. The van der Waals surface area contributed by atoms with Crippen LogP contribution < -0.4 is 10.1 Å². The van der Waals surface area contributed by atoms with Crippen LogP contribution in [0, 0.1) is 5.82 Å². The molecule has 1 atom stereocenters. The van der Waals surface area contributed by atoms with E-state index in [1.54, 1.807) is 18.2 Å². The number of amides is 2. The standard InChI is InChI=1S/C31H37FN2O3/c1-4-5-19-33-31(36)29(20-24-11-7-6-8-12-24)34(21-26-13-9-10-14-28(26)32)30(35)22-37-27-17-15-25(16-18-27)23(2)3/h6-18,23,29H,4-5,19-22H2,1-3H3,(H,33,36)/t29-/m1/s1. The van der Waals surface area contributed by atoms with Crippen LogP contribution in [0.25, 0.3) is 0 Å². The van der Waals surface area contributed by atoms with Gasteiger partial charge in [0.1, 0.15) is 17.6 Å². The Hall–Kier alpha value is -3.67. The number of unbranched alkanes of at least 4 members (excludes halogenated alkanes) is 1. The van der Waals surface area contributed by atoms with E-state index in [4.69, 9.17) is 4.74 Å². The number of rotatable bonds is 13. The molecule has 3 aromatic rings. The van der Waals surface area contributed by atoms with Crippen molar-refractivity contribution in [3.8, 4) is 5.75 Å². The van der Waals surface area contributed by atoms with Gasteiger partial charge in [0.05, 0.1) is 0 Å². The van der Waals surface area contributed by atoms with Crippen molar-refractivity contribution in [3.63, 3.8) is 0 Å². The zero-order valence-electron chi connectivity index (χ0n) is 22.0. The van der Waals surface area contributed by atoms with Crippen LogP contribution in [0.4, 0.5) is 4.39 Å². The van der Waals surface area contributed by atoms with Gasteiger partial charge in [-0.25, -0.2) is 4.39 Å². The van der Waals surface area contributed by atoms with E-state index in [0.717, 1.165) is 18.4 Å². The third-order valence-electron chi connectivity index (χ3n) is 6.31. The average Bonchev–Trinajstić information content (AvgIpc) is 2.91. The van der Waals surface area contributed by atoms with Crippen molar-refractivity contribution < 1.29 is 18.7 Å². The van der Waals surface area contributed by atoms with E-state index in [1.807, 2.05) is 61.5 Å². The van der Waals surface area contributed by atoms with Crippen molar-refractivity contribution in [3.05, 3.63) is 101 Å². The molecule has 0 aliphatic rings. The van der Waals surface area contributed by atoms with Crippen LogP contribution in [0.5, 0.6) is 5.75 Å². The number of hydrogen-bond acceptors (Lipinski definition) is 3. The molecule has 1 N–H and O–H groups in total. The molecule has 0 spiro atoms. The van der Waals surface area contributed by atoms with Gasteiger partial charge in [-0.3, -0.25) is 9.59 Å². The molecule has 0 saturated carbocycles. The quantitative estimate of drug-likeness (QED) is 0.296. The SMILES string of the molecule is CCCCNC(=O)[C@@H](Cc1ccccc1)N(Cc1ccccc1F)C(=O)COc1ccc(C(C)C)cc1. The van der Waals surface area contributed by atoms with Crippen molar-refractivity contribution in [2.24, 2.45) is 0 Å². The maximum absolute atomic E-state index is 14.6. The Balaban J connectivity index is 1.87. The zero-order valence-corrected chi connectivity index (χ0v) is 22.0. The molecule has 3 aromatic carbocycles. The van der Waals surface area contributed by atoms with Crippen molar-refractivity contribution >= 4 is 11.8 Å². The smallest absolute Gasteiger partial charge is 0.261 e. The Morgan fingerprint density at radius 1 is 0.946 bits per heavy atom. The summed E-state index contributed by atoms with van der Waals surface area (Å²) in [5, 5.41) is 2.96. The molecule has 0 unspecified atom stereocenters. The number of hydrogen-bond donors (Lipinski definition) is 1. The molecule has 37 heavy (non-hydrogen) atoms. The molecular weight excluding hydrogens is 467 g/mol. The van der Waals surface area contributed by atoms with Gasteiger partial charge >= 0.3 is 0 Å². The molecule has 3 rings (SSSR count). The highest BCUT2D eigenvalue weighted by atomic mass is 19.1. The van der Waals surface area contributed by atoms with E-state index >= 15 is 0 Å². The minimum Gasteiger partial charge on any atom is -0.484 e. The number of carbonyl (C=O) groups excluding carboxylic acids is 2. The van der Waals surface area contributed by atoms with Crippen molar-refractivity contribution in [1.82, 2.24) is 10.2 Å². The Labute approximate surface area is 219 Å². The third-order valence-corrected chi connectivity index (χ3v) is 6.31. The predicted octanol–water partition coefficient (Wildman–Crippen LogP) is 5.88. The second-order valence-corrected chi connectivity index (χ2v) is 9.48. The number of benzene rings is 3. The first-order valence-corrected chi connectivity index (χ1v) is 13.0. The van der Waals surface area contributed by atoms with Crippen molar-refractivity contribution in [1.29, 1.82) is 0 Å². The van der Waals surface area contributed by atoms with Gasteiger partial charge < -0.3 is 15.0 Å². The highest BCUT2D eigenvalue weighted by molar-refractivity contribution is 5.88. The summed E-state index contributed by atoms with van der Waals surface area (Å²) in [4.78, 5) is 28.4. The first-order valence-electron chi connectivity index (χ1n) is 13.0. The van der Waals surface area contributed by atoms with Crippen LogP contribution in [0.1, 0.15) is 56.2 Å². The van der Waals surface area contributed by atoms with Gasteiger partial charge in [0.2, 0.25) is 5.91 Å². The maximum atomic E-state index is 14.6. The Bertz CT molecular complexity index is 1130. The minimum atomic E-state index is -0.821. The van der Waals surface area contributed by atoms with Crippen molar-refractivity contribution in [2.45, 2.75) is 58.5 Å². The van der Waals surface area contributed by atoms with Crippen molar-refractivity contribution in [2.75, 3.05) is 13.2 Å². The summed E-state index contributed by atoms with van der Waals surface area (Å²) < 4.78 is 20.5. The fourth-order valence-corrected chi connectivity index (χ4v) is 4.05. The summed E-state index contributed by atoms with van der Waals surface area (Å²) in [6, 6.07) is 22.7. The molecule has 0 aromatic heterocycles. The van der Waals surface area contributed by atoms with Crippen LogP contribution in [-0.2, 0) is 22.6 Å². The number of carbonyl (C=O) groups is 2. The van der Waals surface area contributed by atoms with Gasteiger partial charge in [0.15, 0.2) is 6.61 Å². The summed E-state index contributed by atoms with van der Waals surface area (Å²) >= 11 is 0. The summed E-state index contributed by atoms with van der Waals surface area (Å²) in [5.41, 5.74) is 2.43. The lowest BCUT2D eigenvalue weighted by molar-refractivity contribution is -0.142. The lowest BCUT2D eigenvalue weighted by Gasteiger charge is -2.31. The van der Waals surface area contributed by atoms with Crippen LogP contribution in [-0.4, -0.2) is 35.9 Å². The van der Waals surface area contributed by atoms with E-state index in [9.17, 15) is 14.0 Å². The highest BCUT2D eigenvalue weighted by Crippen LogP contribution is 2.20. The second-order valence-electron chi connectivity index (χ2n) is 9.48. The van der Waals surface area contributed by atoms with Gasteiger partial charge in [-0.2, -0.15) is 0 Å². The van der Waals surface area contributed by atoms with E-state index in [-0.39, 0.29) is 25.0 Å². The number of ether oxygens (including phenoxy) is 1. The lowest BCUT2D eigenvalue weighted by atomic mass is 10.0. The van der Waals surface area contributed by atoms with Gasteiger partial charge in [-0.15, -0.1) is 0 Å². The zero-order chi connectivity index (χ0) is 26.6. The molecule has 0 radical (unpaired) electrons. The monoisotopic (exact) mass is 504 g/mol. The van der Waals surface area contributed by atoms with E-state index < -0.39 is 11.9 Å². The van der Waals surface area contributed by atoms with Crippen LogP contribution in [0.3, 0.4) is 0 Å². The molecule has 2 amide bonds. The number of halogens is 1. The Kier molecular flexibility index (Phi) is 10.7. The fourth-order valence-electron chi connectivity index (χ4n) is 4.05. The molecule has 0 fully saturated rings.